The molecule has 0 aliphatic heterocycles. The van der Waals surface area contributed by atoms with Crippen LogP contribution in [-0.4, -0.2) is 22.3 Å². The van der Waals surface area contributed by atoms with Crippen LogP contribution in [-0.2, 0) is 4.79 Å². The van der Waals surface area contributed by atoms with Gasteiger partial charge >= 0.3 is 5.97 Å². The van der Waals surface area contributed by atoms with Crippen molar-refractivity contribution in [3.63, 3.8) is 0 Å². The molecule has 2 N–H and O–H groups in total. The van der Waals surface area contributed by atoms with Gasteiger partial charge in [0.2, 0.25) is 0 Å². The van der Waals surface area contributed by atoms with Crippen molar-refractivity contribution in [1.29, 1.82) is 0 Å². The molecule has 0 aromatic rings. The Balaban J connectivity index is 3.93. The Kier molecular flexibility index (Phi) is 3.52. The van der Waals surface area contributed by atoms with Crippen molar-refractivity contribution in [1.82, 2.24) is 0 Å². The zero-order valence-electron chi connectivity index (χ0n) is 7.29. The predicted molar refractivity (Wildman–Crippen MR) is 42.3 cm³/mol. The quantitative estimate of drug-likeness (QED) is 0.651. The van der Waals surface area contributed by atoms with Gasteiger partial charge in [-0.3, -0.25) is 0 Å². The molecule has 66 valence electrons. The Morgan fingerprint density at radius 2 is 2.00 bits per heavy atom. The van der Waals surface area contributed by atoms with Gasteiger partial charge < -0.3 is 10.2 Å². The van der Waals surface area contributed by atoms with Crippen LogP contribution in [0.25, 0.3) is 0 Å². The van der Waals surface area contributed by atoms with E-state index in [0.717, 1.165) is 6.42 Å². The van der Waals surface area contributed by atoms with Gasteiger partial charge in [-0.1, -0.05) is 27.2 Å². The number of carboxylic acids is 1. The van der Waals surface area contributed by atoms with E-state index in [9.17, 15) is 4.79 Å². The molecule has 0 aliphatic rings. The summed E-state index contributed by atoms with van der Waals surface area (Å²) >= 11 is 0. The summed E-state index contributed by atoms with van der Waals surface area (Å²) < 4.78 is 0. The molecule has 0 spiro atoms. The standard InChI is InChI=1S/C8H16O3/c1-4-8(2,3)5-6(9)7(10)11/h6,9H,4-5H2,1-3H3,(H,10,11)/t6-/m0/s1. The van der Waals surface area contributed by atoms with Crippen LogP contribution in [0.2, 0.25) is 0 Å². The largest absolute Gasteiger partial charge is 0.479 e. The van der Waals surface area contributed by atoms with E-state index in [1.165, 1.54) is 0 Å². The van der Waals surface area contributed by atoms with Crippen molar-refractivity contribution in [2.45, 2.75) is 39.7 Å². The maximum Gasteiger partial charge on any atom is 0.332 e. The molecule has 0 aliphatic carbocycles. The summed E-state index contributed by atoms with van der Waals surface area (Å²) in [4.78, 5) is 10.2. The minimum absolute atomic E-state index is 0.0855. The lowest BCUT2D eigenvalue weighted by Gasteiger charge is -2.23. The van der Waals surface area contributed by atoms with Crippen LogP contribution < -0.4 is 0 Å². The SMILES string of the molecule is CCC(C)(C)C[C@H](O)C(=O)O. The molecular formula is C8H16O3. The molecule has 3 nitrogen and oxygen atoms in total. The lowest BCUT2D eigenvalue weighted by Crippen LogP contribution is -2.26. The molecule has 11 heavy (non-hydrogen) atoms. The highest BCUT2D eigenvalue weighted by Crippen LogP contribution is 2.25. The Bertz CT molecular complexity index is 140. The molecule has 0 bridgehead atoms. The van der Waals surface area contributed by atoms with Gasteiger partial charge in [-0.15, -0.1) is 0 Å². The number of aliphatic carboxylic acids is 1. The molecule has 0 amide bonds. The Hall–Kier alpha value is -0.570. The zero-order chi connectivity index (χ0) is 9.07. The molecule has 0 radical (unpaired) electrons. The van der Waals surface area contributed by atoms with Gasteiger partial charge in [-0.05, 0) is 11.8 Å². The number of rotatable bonds is 4. The lowest BCUT2D eigenvalue weighted by molar-refractivity contribution is -0.148. The average Bonchev–Trinajstić information content (AvgIpc) is 1.87. The van der Waals surface area contributed by atoms with Crippen molar-refractivity contribution < 1.29 is 15.0 Å². The van der Waals surface area contributed by atoms with Crippen LogP contribution in [0, 0.1) is 5.41 Å². The molecule has 1 atom stereocenters. The smallest absolute Gasteiger partial charge is 0.332 e. The first-order valence-electron chi connectivity index (χ1n) is 3.80. The van der Waals surface area contributed by atoms with E-state index >= 15 is 0 Å². The van der Waals surface area contributed by atoms with Gasteiger partial charge in [-0.2, -0.15) is 0 Å². The summed E-state index contributed by atoms with van der Waals surface area (Å²) in [5, 5.41) is 17.4. The highest BCUT2D eigenvalue weighted by molar-refractivity contribution is 5.71. The van der Waals surface area contributed by atoms with E-state index in [4.69, 9.17) is 10.2 Å². The Labute approximate surface area is 67.0 Å². The van der Waals surface area contributed by atoms with Crippen molar-refractivity contribution in [3.05, 3.63) is 0 Å². The second-order valence-corrected chi connectivity index (χ2v) is 3.58. The topological polar surface area (TPSA) is 57.5 Å². The third kappa shape index (κ3) is 3.98. The van der Waals surface area contributed by atoms with E-state index in [2.05, 4.69) is 0 Å². The summed E-state index contributed by atoms with van der Waals surface area (Å²) in [5.74, 6) is -1.13. The van der Waals surface area contributed by atoms with Gasteiger partial charge in [-0.25, -0.2) is 4.79 Å². The fourth-order valence-corrected chi connectivity index (χ4v) is 0.755. The van der Waals surface area contributed by atoms with Crippen LogP contribution in [0.3, 0.4) is 0 Å². The Morgan fingerprint density at radius 1 is 1.55 bits per heavy atom. The first-order valence-corrected chi connectivity index (χ1v) is 3.80. The van der Waals surface area contributed by atoms with Crippen molar-refractivity contribution >= 4 is 5.97 Å². The summed E-state index contributed by atoms with van der Waals surface area (Å²) in [5.41, 5.74) is -0.0855. The van der Waals surface area contributed by atoms with Crippen LogP contribution >= 0.6 is 0 Å². The molecule has 0 heterocycles. The second kappa shape index (κ2) is 3.72. The number of carbonyl (C=O) groups is 1. The summed E-state index contributed by atoms with van der Waals surface area (Å²) in [6, 6.07) is 0. The summed E-state index contributed by atoms with van der Waals surface area (Å²) in [6.45, 7) is 5.87. The molecule has 0 rings (SSSR count). The molecule has 0 aromatic carbocycles. The van der Waals surface area contributed by atoms with E-state index in [0.29, 0.717) is 6.42 Å². The van der Waals surface area contributed by atoms with Gasteiger partial charge in [0.25, 0.3) is 0 Å². The lowest BCUT2D eigenvalue weighted by atomic mass is 9.84. The van der Waals surface area contributed by atoms with Gasteiger partial charge in [0, 0.05) is 0 Å². The number of hydrogen-bond donors (Lipinski definition) is 2. The Morgan fingerprint density at radius 3 is 2.27 bits per heavy atom. The molecule has 0 aromatic heterocycles. The highest BCUT2D eigenvalue weighted by atomic mass is 16.4. The summed E-state index contributed by atoms with van der Waals surface area (Å²) in [7, 11) is 0. The van der Waals surface area contributed by atoms with Crippen molar-refractivity contribution in [3.8, 4) is 0 Å². The zero-order valence-corrected chi connectivity index (χ0v) is 7.29. The second-order valence-electron chi connectivity index (χ2n) is 3.58. The summed E-state index contributed by atoms with van der Waals surface area (Å²) in [6.07, 6.45) is -0.0270. The van der Waals surface area contributed by atoms with Gasteiger partial charge in [0.15, 0.2) is 6.10 Å². The van der Waals surface area contributed by atoms with Crippen molar-refractivity contribution in [2.75, 3.05) is 0 Å². The van der Waals surface area contributed by atoms with E-state index in [1.807, 2.05) is 20.8 Å². The van der Waals surface area contributed by atoms with Gasteiger partial charge in [0.1, 0.15) is 0 Å². The van der Waals surface area contributed by atoms with Crippen LogP contribution in [0.5, 0.6) is 0 Å². The van der Waals surface area contributed by atoms with Crippen LogP contribution in [0.4, 0.5) is 0 Å². The highest BCUT2D eigenvalue weighted by Gasteiger charge is 2.24. The molecule has 0 saturated carbocycles. The third-order valence-electron chi connectivity index (χ3n) is 1.99. The first kappa shape index (κ1) is 10.4. The molecule has 0 unspecified atom stereocenters. The fraction of sp³-hybridized carbons (Fsp3) is 0.875. The maximum atomic E-state index is 10.2. The average molecular weight is 160 g/mol. The monoisotopic (exact) mass is 160 g/mol. The molecule has 0 fully saturated rings. The predicted octanol–water partition coefficient (Wildman–Crippen LogP) is 1.26. The number of aliphatic hydroxyl groups is 1. The van der Waals surface area contributed by atoms with E-state index in [-0.39, 0.29) is 5.41 Å². The fourth-order valence-electron chi connectivity index (χ4n) is 0.755. The molecular weight excluding hydrogens is 144 g/mol. The molecule has 3 heteroatoms. The van der Waals surface area contributed by atoms with E-state index in [1.54, 1.807) is 0 Å². The maximum absolute atomic E-state index is 10.2. The number of aliphatic hydroxyl groups excluding tert-OH is 1. The van der Waals surface area contributed by atoms with Gasteiger partial charge in [0.05, 0.1) is 0 Å². The third-order valence-corrected chi connectivity index (χ3v) is 1.99. The van der Waals surface area contributed by atoms with Crippen LogP contribution in [0.15, 0.2) is 0 Å². The number of carboxylic acid groups (broad SMARTS) is 1. The first-order chi connectivity index (χ1) is 4.89. The van der Waals surface area contributed by atoms with E-state index < -0.39 is 12.1 Å². The van der Waals surface area contributed by atoms with Crippen molar-refractivity contribution in [2.24, 2.45) is 5.41 Å². The number of hydrogen-bond acceptors (Lipinski definition) is 2. The minimum atomic E-state index is -1.22. The van der Waals surface area contributed by atoms with Crippen LogP contribution in [0.1, 0.15) is 33.6 Å². The minimum Gasteiger partial charge on any atom is -0.479 e. The normalized spacial score (nSPS) is 14.5. The molecule has 0 saturated heterocycles.